The summed E-state index contributed by atoms with van der Waals surface area (Å²) in [5, 5.41) is 7.11. The lowest BCUT2D eigenvalue weighted by Crippen LogP contribution is -2.14. The van der Waals surface area contributed by atoms with E-state index in [0.29, 0.717) is 0 Å². The minimum absolute atomic E-state index is 0.800. The maximum absolute atomic E-state index is 4.37. The minimum atomic E-state index is 0.800. The molecule has 3 aromatic carbocycles. The largest absolute Gasteiger partial charge is 0.381 e. The van der Waals surface area contributed by atoms with Crippen molar-refractivity contribution >= 4 is 39.3 Å². The fourth-order valence-electron chi connectivity index (χ4n) is 5.44. The molecule has 0 bridgehead atoms. The van der Waals surface area contributed by atoms with Gasteiger partial charge in [0.05, 0.1) is 0 Å². The summed E-state index contributed by atoms with van der Waals surface area (Å²) in [7, 11) is 0. The van der Waals surface area contributed by atoms with Crippen LogP contribution < -0.4 is 5.32 Å². The molecule has 2 saturated carbocycles. The second-order valence-corrected chi connectivity index (χ2v) is 11.5. The van der Waals surface area contributed by atoms with Crippen molar-refractivity contribution in [2.75, 3.05) is 0 Å². The first kappa shape index (κ1) is 21.9. The van der Waals surface area contributed by atoms with Crippen LogP contribution in [0.15, 0.2) is 78.2 Å². The van der Waals surface area contributed by atoms with E-state index in [2.05, 4.69) is 83.2 Å². The number of hydrogen-bond donors (Lipinski definition) is 1. The first-order valence-corrected chi connectivity index (χ1v) is 13.8. The molecule has 1 heterocycles. The van der Waals surface area contributed by atoms with Gasteiger partial charge in [-0.3, -0.25) is 0 Å². The molecule has 0 saturated heterocycles. The Morgan fingerprint density at radius 2 is 1.62 bits per heavy atom. The zero-order valence-electron chi connectivity index (χ0n) is 19.9. The third-order valence-electron chi connectivity index (χ3n) is 7.54. The van der Waals surface area contributed by atoms with Crippen LogP contribution in [0, 0.1) is 5.92 Å². The third-order valence-corrected chi connectivity index (χ3v) is 8.89. The van der Waals surface area contributed by atoms with Crippen LogP contribution in [0.2, 0.25) is 0 Å². The predicted molar refractivity (Wildman–Crippen MR) is 147 cm³/mol. The summed E-state index contributed by atoms with van der Waals surface area (Å²) >= 11 is 2.01. The van der Waals surface area contributed by atoms with Gasteiger partial charge in [0.25, 0.3) is 0 Å². The topological polar surface area (TPSA) is 17.0 Å². The number of fused-ring (bicyclic) bond motifs is 3. The molecule has 1 aromatic heterocycles. The molecular weight excluding hydrogens is 432 g/mol. The lowest BCUT2D eigenvalue weighted by molar-refractivity contribution is 0.325. The van der Waals surface area contributed by atoms with Crippen molar-refractivity contribution in [1.82, 2.24) is 9.88 Å². The van der Waals surface area contributed by atoms with Crippen LogP contribution >= 0.6 is 11.8 Å². The highest BCUT2D eigenvalue weighted by atomic mass is 32.2. The summed E-state index contributed by atoms with van der Waals surface area (Å²) in [6.07, 6.45) is 9.67. The van der Waals surface area contributed by atoms with Crippen LogP contribution in [-0.4, -0.2) is 9.82 Å². The normalized spacial score (nSPS) is 16.8. The van der Waals surface area contributed by atoms with Gasteiger partial charge in [0.15, 0.2) is 0 Å². The van der Waals surface area contributed by atoms with Crippen molar-refractivity contribution in [1.29, 1.82) is 0 Å². The molecule has 3 heteroatoms. The predicted octanol–water partition coefficient (Wildman–Crippen LogP) is 8.39. The molecule has 2 aliphatic carbocycles. The molecule has 0 unspecified atom stereocenters. The van der Waals surface area contributed by atoms with E-state index < -0.39 is 0 Å². The number of nitrogens with zero attached hydrogens (tertiary/aromatic N) is 1. The maximum atomic E-state index is 4.37. The average molecular weight is 467 g/mol. The van der Waals surface area contributed by atoms with Crippen molar-refractivity contribution in [3.63, 3.8) is 0 Å². The summed E-state index contributed by atoms with van der Waals surface area (Å²) in [6, 6.07) is 24.8. The zero-order chi connectivity index (χ0) is 22.9. The summed E-state index contributed by atoms with van der Waals surface area (Å²) in [4.78, 5) is 1.39. The standard InChI is InChI=1S/C31H34N2S/c1-22(32-20-23-11-14-26(15-12-23)34-27-16-17-27)25-13-18-31-29(19-25)28-9-5-6-10-30(28)33(31)21-24-7-3-2-4-8-24/h5-6,9-15,18-19,24,27,32H,1-4,7-8,16-17,20-21H2. The molecule has 0 atom stereocenters. The zero-order valence-corrected chi connectivity index (χ0v) is 20.7. The van der Waals surface area contributed by atoms with E-state index in [-0.39, 0.29) is 0 Å². The smallest absolute Gasteiger partial charge is 0.0491 e. The molecule has 4 aromatic rings. The fourth-order valence-corrected chi connectivity index (χ4v) is 6.49. The molecule has 2 aliphatic rings. The molecule has 0 radical (unpaired) electrons. The Kier molecular flexibility index (Phi) is 6.13. The van der Waals surface area contributed by atoms with E-state index in [1.54, 1.807) is 0 Å². The van der Waals surface area contributed by atoms with Gasteiger partial charge in [-0.25, -0.2) is 0 Å². The number of thioether (sulfide) groups is 1. The van der Waals surface area contributed by atoms with Gasteiger partial charge in [0.2, 0.25) is 0 Å². The minimum Gasteiger partial charge on any atom is -0.381 e. The second kappa shape index (κ2) is 9.54. The van der Waals surface area contributed by atoms with Gasteiger partial charge in [0, 0.05) is 50.7 Å². The van der Waals surface area contributed by atoms with Crippen LogP contribution in [0.3, 0.4) is 0 Å². The second-order valence-electron chi connectivity index (χ2n) is 10.2. The van der Waals surface area contributed by atoms with E-state index >= 15 is 0 Å². The molecule has 0 spiro atoms. The van der Waals surface area contributed by atoms with Gasteiger partial charge >= 0.3 is 0 Å². The number of hydrogen-bond acceptors (Lipinski definition) is 2. The summed E-state index contributed by atoms with van der Waals surface area (Å²) in [5.41, 5.74) is 6.18. The monoisotopic (exact) mass is 466 g/mol. The Hall–Kier alpha value is -2.65. The van der Waals surface area contributed by atoms with Gasteiger partial charge in [-0.2, -0.15) is 0 Å². The summed E-state index contributed by atoms with van der Waals surface area (Å²) < 4.78 is 2.57. The fraction of sp³-hybridized carbons (Fsp3) is 0.355. The van der Waals surface area contributed by atoms with Crippen LogP contribution in [0.1, 0.15) is 56.1 Å². The number of para-hydroxylation sites is 1. The summed E-state index contributed by atoms with van der Waals surface area (Å²) in [5.74, 6) is 0.804. The Morgan fingerprint density at radius 3 is 2.41 bits per heavy atom. The Balaban J connectivity index is 1.21. The van der Waals surface area contributed by atoms with Crippen molar-refractivity contribution in [3.05, 3.63) is 84.4 Å². The van der Waals surface area contributed by atoms with Crippen molar-refractivity contribution < 1.29 is 0 Å². The lowest BCUT2D eigenvalue weighted by atomic mass is 9.89. The van der Waals surface area contributed by atoms with Gasteiger partial charge in [0.1, 0.15) is 0 Å². The Bertz CT molecular complexity index is 1310. The molecular formula is C31H34N2S. The van der Waals surface area contributed by atoms with Crippen LogP contribution in [0.25, 0.3) is 27.5 Å². The molecule has 0 aliphatic heterocycles. The highest BCUT2D eigenvalue weighted by Crippen LogP contribution is 2.39. The van der Waals surface area contributed by atoms with Gasteiger partial charge in [-0.15, -0.1) is 11.8 Å². The highest BCUT2D eigenvalue weighted by molar-refractivity contribution is 8.00. The Morgan fingerprint density at radius 1 is 0.853 bits per heavy atom. The van der Waals surface area contributed by atoms with Gasteiger partial charge in [-0.05, 0) is 73.1 Å². The Labute approximate surface area is 207 Å². The molecule has 34 heavy (non-hydrogen) atoms. The van der Waals surface area contributed by atoms with Gasteiger partial charge < -0.3 is 9.88 Å². The van der Waals surface area contributed by atoms with E-state index in [4.69, 9.17) is 0 Å². The maximum Gasteiger partial charge on any atom is 0.0491 e. The van der Waals surface area contributed by atoms with E-state index in [1.165, 1.54) is 82.8 Å². The van der Waals surface area contributed by atoms with E-state index in [1.807, 2.05) is 11.8 Å². The molecule has 6 rings (SSSR count). The average Bonchev–Trinajstić information content (AvgIpc) is 3.66. The number of benzene rings is 3. The van der Waals surface area contributed by atoms with Crippen molar-refractivity contribution in [3.8, 4) is 0 Å². The lowest BCUT2D eigenvalue weighted by Gasteiger charge is -2.23. The first-order chi connectivity index (χ1) is 16.7. The molecule has 0 amide bonds. The van der Waals surface area contributed by atoms with E-state index in [0.717, 1.165) is 30.0 Å². The number of aromatic nitrogens is 1. The number of nitrogens with one attached hydrogen (secondary N) is 1. The van der Waals surface area contributed by atoms with Crippen molar-refractivity contribution in [2.24, 2.45) is 5.92 Å². The third kappa shape index (κ3) is 4.63. The van der Waals surface area contributed by atoms with Gasteiger partial charge in [-0.1, -0.05) is 62.2 Å². The quantitative estimate of drug-likeness (QED) is 0.281. The molecule has 174 valence electrons. The molecule has 2 nitrogen and oxygen atoms in total. The highest BCUT2D eigenvalue weighted by Gasteiger charge is 2.22. The number of rotatable bonds is 8. The molecule has 1 N–H and O–H groups in total. The van der Waals surface area contributed by atoms with E-state index in [9.17, 15) is 0 Å². The summed E-state index contributed by atoms with van der Waals surface area (Å²) in [6.45, 7) is 6.31. The van der Waals surface area contributed by atoms with Crippen LogP contribution in [-0.2, 0) is 13.1 Å². The SMILES string of the molecule is C=C(NCc1ccc(SC2CC2)cc1)c1ccc2c(c1)c1ccccc1n2CC1CCCCC1. The van der Waals surface area contributed by atoms with Crippen LogP contribution in [0.4, 0.5) is 0 Å². The van der Waals surface area contributed by atoms with Crippen LogP contribution in [0.5, 0.6) is 0 Å². The first-order valence-electron chi connectivity index (χ1n) is 12.9. The molecule has 2 fully saturated rings. The van der Waals surface area contributed by atoms with Crippen molar-refractivity contribution in [2.45, 2.75) is 68.2 Å².